The molecule has 76 valence electrons. The van der Waals surface area contributed by atoms with Crippen molar-refractivity contribution in [1.82, 2.24) is 0 Å². The monoisotopic (exact) mass is 191 g/mol. The van der Waals surface area contributed by atoms with Gasteiger partial charge in [-0.25, -0.2) is 0 Å². The molecule has 2 heteroatoms. The van der Waals surface area contributed by atoms with E-state index in [0.717, 1.165) is 17.7 Å². The quantitative estimate of drug-likeness (QED) is 0.723. The third-order valence-corrected chi connectivity index (χ3v) is 1.99. The lowest BCUT2D eigenvalue weighted by Gasteiger charge is -2.08. The first-order chi connectivity index (χ1) is 6.77. The van der Waals surface area contributed by atoms with Gasteiger partial charge in [-0.05, 0) is 30.5 Å². The van der Waals surface area contributed by atoms with E-state index in [1.807, 2.05) is 19.1 Å². The van der Waals surface area contributed by atoms with Gasteiger partial charge in [0, 0.05) is 6.54 Å². The highest BCUT2D eigenvalue weighted by molar-refractivity contribution is 5.36. The number of nitrogens with two attached hydrogens (primary N) is 1. The second kappa shape index (κ2) is 5.45. The largest absolute Gasteiger partial charge is 0.492 e. The number of ether oxygens (including phenoxy) is 1. The van der Waals surface area contributed by atoms with Crippen LogP contribution >= 0.6 is 0 Å². The first-order valence-electron chi connectivity index (χ1n) is 4.81. The normalized spacial score (nSPS) is 9.86. The number of aryl methyl sites for hydroxylation is 1. The van der Waals surface area contributed by atoms with E-state index in [0.29, 0.717) is 13.2 Å². The Morgan fingerprint density at radius 3 is 2.86 bits per heavy atom. The summed E-state index contributed by atoms with van der Waals surface area (Å²) in [5.74, 6) is 0.920. The number of allylic oxidation sites excluding steroid dienone is 1. The molecule has 0 heterocycles. The summed E-state index contributed by atoms with van der Waals surface area (Å²) in [4.78, 5) is 0. The summed E-state index contributed by atoms with van der Waals surface area (Å²) < 4.78 is 5.47. The Bertz CT molecular complexity index is 307. The van der Waals surface area contributed by atoms with Crippen molar-refractivity contribution in [3.05, 3.63) is 42.0 Å². The predicted molar refractivity (Wildman–Crippen MR) is 59.6 cm³/mol. The van der Waals surface area contributed by atoms with Crippen LogP contribution in [0.2, 0.25) is 0 Å². The maximum absolute atomic E-state index is 5.47. The molecular formula is C12H17NO. The summed E-state index contributed by atoms with van der Waals surface area (Å²) in [7, 11) is 0. The van der Waals surface area contributed by atoms with Crippen molar-refractivity contribution in [2.24, 2.45) is 5.73 Å². The summed E-state index contributed by atoms with van der Waals surface area (Å²) in [6, 6.07) is 6.16. The summed E-state index contributed by atoms with van der Waals surface area (Å²) in [5, 5.41) is 0. The van der Waals surface area contributed by atoms with E-state index >= 15 is 0 Å². The molecule has 0 spiro atoms. The SMILES string of the molecule is C=CCc1ccc(OCCN)c(C)c1. The Balaban J connectivity index is 2.73. The molecule has 2 nitrogen and oxygen atoms in total. The van der Waals surface area contributed by atoms with Gasteiger partial charge in [0.05, 0.1) is 0 Å². The van der Waals surface area contributed by atoms with Crippen LogP contribution < -0.4 is 10.5 Å². The van der Waals surface area contributed by atoms with E-state index < -0.39 is 0 Å². The van der Waals surface area contributed by atoms with Crippen LogP contribution in [0, 0.1) is 6.92 Å². The topological polar surface area (TPSA) is 35.2 Å². The average molecular weight is 191 g/mol. The highest BCUT2D eigenvalue weighted by atomic mass is 16.5. The van der Waals surface area contributed by atoms with E-state index in [4.69, 9.17) is 10.5 Å². The van der Waals surface area contributed by atoms with Crippen LogP contribution in [0.4, 0.5) is 0 Å². The van der Waals surface area contributed by atoms with Crippen molar-refractivity contribution in [1.29, 1.82) is 0 Å². The van der Waals surface area contributed by atoms with Gasteiger partial charge in [-0.15, -0.1) is 6.58 Å². The van der Waals surface area contributed by atoms with Crippen LogP contribution in [-0.2, 0) is 6.42 Å². The molecule has 1 rings (SSSR count). The number of rotatable bonds is 5. The zero-order chi connectivity index (χ0) is 10.4. The molecule has 0 bridgehead atoms. The molecule has 1 aromatic carbocycles. The number of hydrogen-bond acceptors (Lipinski definition) is 2. The summed E-state index contributed by atoms with van der Waals surface area (Å²) in [5.41, 5.74) is 7.78. The molecule has 1 aromatic rings. The van der Waals surface area contributed by atoms with Crippen LogP contribution in [0.5, 0.6) is 5.75 Å². The standard InChI is InChI=1S/C12H17NO/c1-3-4-11-5-6-12(10(2)9-11)14-8-7-13/h3,5-6,9H,1,4,7-8,13H2,2H3. The minimum atomic E-state index is 0.549. The number of benzene rings is 1. The molecule has 0 unspecified atom stereocenters. The Morgan fingerprint density at radius 1 is 1.50 bits per heavy atom. The lowest BCUT2D eigenvalue weighted by atomic mass is 10.1. The lowest BCUT2D eigenvalue weighted by molar-refractivity contribution is 0.326. The Morgan fingerprint density at radius 2 is 2.29 bits per heavy atom. The van der Waals surface area contributed by atoms with E-state index in [1.54, 1.807) is 0 Å². The molecule has 0 saturated carbocycles. The van der Waals surface area contributed by atoms with Gasteiger partial charge in [-0.2, -0.15) is 0 Å². The van der Waals surface area contributed by atoms with Gasteiger partial charge < -0.3 is 10.5 Å². The third-order valence-electron chi connectivity index (χ3n) is 1.99. The fourth-order valence-corrected chi connectivity index (χ4v) is 1.34. The minimum Gasteiger partial charge on any atom is -0.492 e. The molecule has 0 saturated heterocycles. The van der Waals surface area contributed by atoms with Crippen LogP contribution in [0.25, 0.3) is 0 Å². The molecule has 0 aliphatic rings. The summed E-state index contributed by atoms with van der Waals surface area (Å²) >= 11 is 0. The van der Waals surface area contributed by atoms with Gasteiger partial charge >= 0.3 is 0 Å². The molecule has 0 atom stereocenters. The molecular weight excluding hydrogens is 174 g/mol. The highest BCUT2D eigenvalue weighted by Gasteiger charge is 1.99. The van der Waals surface area contributed by atoms with Crippen molar-refractivity contribution in [3.8, 4) is 5.75 Å². The molecule has 0 radical (unpaired) electrons. The van der Waals surface area contributed by atoms with E-state index in [1.165, 1.54) is 5.56 Å². The van der Waals surface area contributed by atoms with Gasteiger partial charge in [0.2, 0.25) is 0 Å². The molecule has 0 aliphatic heterocycles. The second-order valence-corrected chi connectivity index (χ2v) is 3.23. The Hall–Kier alpha value is -1.28. The van der Waals surface area contributed by atoms with Crippen molar-refractivity contribution < 1.29 is 4.74 Å². The zero-order valence-corrected chi connectivity index (χ0v) is 8.62. The van der Waals surface area contributed by atoms with Crippen LogP contribution in [0.3, 0.4) is 0 Å². The fourth-order valence-electron chi connectivity index (χ4n) is 1.34. The van der Waals surface area contributed by atoms with E-state index in [-0.39, 0.29) is 0 Å². The molecule has 0 aromatic heterocycles. The maximum Gasteiger partial charge on any atom is 0.122 e. The minimum absolute atomic E-state index is 0.549. The van der Waals surface area contributed by atoms with Gasteiger partial charge in [0.15, 0.2) is 0 Å². The number of hydrogen-bond donors (Lipinski definition) is 1. The van der Waals surface area contributed by atoms with E-state index in [2.05, 4.69) is 18.7 Å². The van der Waals surface area contributed by atoms with Crippen LogP contribution in [0.15, 0.2) is 30.9 Å². The van der Waals surface area contributed by atoms with Crippen LogP contribution in [0.1, 0.15) is 11.1 Å². The fraction of sp³-hybridized carbons (Fsp3) is 0.333. The molecule has 14 heavy (non-hydrogen) atoms. The third kappa shape index (κ3) is 2.89. The summed E-state index contributed by atoms with van der Waals surface area (Å²) in [6.45, 7) is 6.87. The van der Waals surface area contributed by atoms with Crippen molar-refractivity contribution >= 4 is 0 Å². The van der Waals surface area contributed by atoms with Crippen molar-refractivity contribution in [2.75, 3.05) is 13.2 Å². The second-order valence-electron chi connectivity index (χ2n) is 3.23. The molecule has 0 aliphatic carbocycles. The molecule has 0 amide bonds. The van der Waals surface area contributed by atoms with Crippen LogP contribution in [-0.4, -0.2) is 13.2 Å². The average Bonchev–Trinajstić information content (AvgIpc) is 2.17. The molecule has 2 N–H and O–H groups in total. The highest BCUT2D eigenvalue weighted by Crippen LogP contribution is 2.19. The van der Waals surface area contributed by atoms with Gasteiger partial charge in [-0.3, -0.25) is 0 Å². The van der Waals surface area contributed by atoms with Gasteiger partial charge in [-0.1, -0.05) is 18.2 Å². The summed E-state index contributed by atoms with van der Waals surface area (Å²) in [6.07, 6.45) is 2.80. The maximum atomic E-state index is 5.47. The first kappa shape index (κ1) is 10.8. The van der Waals surface area contributed by atoms with Gasteiger partial charge in [0.25, 0.3) is 0 Å². The zero-order valence-electron chi connectivity index (χ0n) is 8.62. The van der Waals surface area contributed by atoms with Crippen molar-refractivity contribution in [3.63, 3.8) is 0 Å². The van der Waals surface area contributed by atoms with E-state index in [9.17, 15) is 0 Å². The first-order valence-corrected chi connectivity index (χ1v) is 4.81. The van der Waals surface area contributed by atoms with Crippen molar-refractivity contribution in [2.45, 2.75) is 13.3 Å². The predicted octanol–water partition coefficient (Wildman–Crippen LogP) is 2.06. The lowest BCUT2D eigenvalue weighted by Crippen LogP contribution is -2.11. The van der Waals surface area contributed by atoms with Gasteiger partial charge in [0.1, 0.15) is 12.4 Å². The molecule has 0 fully saturated rings. The smallest absolute Gasteiger partial charge is 0.122 e. The Kier molecular flexibility index (Phi) is 4.20. The Labute approximate surface area is 85.4 Å².